The van der Waals surface area contributed by atoms with Crippen molar-refractivity contribution in [1.82, 2.24) is 20.1 Å². The summed E-state index contributed by atoms with van der Waals surface area (Å²) >= 11 is 0. The molecule has 1 amide bonds. The first-order valence-corrected chi connectivity index (χ1v) is 8.98. The van der Waals surface area contributed by atoms with Crippen LogP contribution in [0, 0.1) is 0 Å². The maximum atomic E-state index is 12.3. The summed E-state index contributed by atoms with van der Waals surface area (Å²) in [5, 5.41) is 11.4. The number of hydrogen-bond acceptors (Lipinski definition) is 3. The molecule has 0 unspecified atom stereocenters. The largest absolute Gasteiger partial charge is 0.353 e. The van der Waals surface area contributed by atoms with E-state index in [2.05, 4.69) is 15.5 Å². The Balaban J connectivity index is 1.54. The number of amides is 1. The van der Waals surface area contributed by atoms with Crippen molar-refractivity contribution in [2.45, 2.75) is 51.1 Å². The molecular weight excluding hydrogens is 316 g/mol. The third-order valence-electron chi connectivity index (χ3n) is 5.09. The molecule has 0 spiro atoms. The molecule has 1 aliphatic carbocycles. The lowest BCUT2D eigenvalue weighted by Gasteiger charge is -2.12. The number of aryl methyl sites for hydroxylation is 1. The van der Waals surface area contributed by atoms with Crippen LogP contribution in [0.3, 0.4) is 0 Å². The number of fused-ring (bicyclic) bond motifs is 3. The molecule has 3 aromatic rings. The molecule has 25 heavy (non-hydrogen) atoms. The van der Waals surface area contributed by atoms with Crippen LogP contribution in [0.15, 0.2) is 35.3 Å². The maximum absolute atomic E-state index is 12.3. The second-order valence-electron chi connectivity index (χ2n) is 6.78. The molecule has 4 rings (SSSR count). The number of aromatic amines is 1. The van der Waals surface area contributed by atoms with E-state index in [0.717, 1.165) is 29.1 Å². The van der Waals surface area contributed by atoms with E-state index in [4.69, 9.17) is 0 Å². The first-order chi connectivity index (χ1) is 12.2. The van der Waals surface area contributed by atoms with Crippen molar-refractivity contribution in [2.75, 3.05) is 0 Å². The zero-order valence-electron chi connectivity index (χ0n) is 14.1. The van der Waals surface area contributed by atoms with Gasteiger partial charge in [-0.05, 0) is 25.3 Å². The molecule has 0 saturated heterocycles. The van der Waals surface area contributed by atoms with E-state index in [1.54, 1.807) is 6.20 Å². The molecule has 6 heteroatoms. The van der Waals surface area contributed by atoms with Crippen LogP contribution in [0.4, 0.5) is 0 Å². The Bertz CT molecular complexity index is 966. The maximum Gasteiger partial charge on any atom is 0.288 e. The van der Waals surface area contributed by atoms with Gasteiger partial charge in [-0.15, -0.1) is 0 Å². The zero-order valence-corrected chi connectivity index (χ0v) is 14.1. The SMILES string of the molecule is O=C(CCCn1c2ccccc2c2cn[nH]c(=O)c21)NC1CCCC1. The van der Waals surface area contributed by atoms with Gasteiger partial charge in [0.2, 0.25) is 5.91 Å². The molecule has 0 atom stereocenters. The molecular formula is C19H22N4O2. The highest BCUT2D eigenvalue weighted by atomic mass is 16.1. The predicted octanol–water partition coefficient (Wildman–Crippen LogP) is 2.72. The average molecular weight is 338 g/mol. The minimum Gasteiger partial charge on any atom is -0.353 e. The van der Waals surface area contributed by atoms with E-state index in [0.29, 0.717) is 30.9 Å². The van der Waals surface area contributed by atoms with Gasteiger partial charge in [0.15, 0.2) is 0 Å². The Morgan fingerprint density at radius 3 is 2.88 bits per heavy atom. The number of nitrogens with one attached hydrogen (secondary N) is 2. The molecule has 2 N–H and O–H groups in total. The Morgan fingerprint density at radius 1 is 1.24 bits per heavy atom. The minimum atomic E-state index is -0.191. The van der Waals surface area contributed by atoms with Crippen molar-refractivity contribution in [3.8, 4) is 0 Å². The average Bonchev–Trinajstić information content (AvgIpc) is 3.23. The van der Waals surface area contributed by atoms with Gasteiger partial charge in [0.1, 0.15) is 5.52 Å². The second kappa shape index (κ2) is 6.70. The predicted molar refractivity (Wildman–Crippen MR) is 97.5 cm³/mol. The lowest BCUT2D eigenvalue weighted by atomic mass is 10.2. The van der Waals surface area contributed by atoms with Crippen LogP contribution in [-0.4, -0.2) is 26.7 Å². The minimum absolute atomic E-state index is 0.114. The van der Waals surface area contributed by atoms with Crippen molar-refractivity contribution in [1.29, 1.82) is 0 Å². The molecule has 0 bridgehead atoms. The molecule has 1 fully saturated rings. The third-order valence-corrected chi connectivity index (χ3v) is 5.09. The van der Waals surface area contributed by atoms with Gasteiger partial charge >= 0.3 is 0 Å². The number of rotatable bonds is 5. The fourth-order valence-electron chi connectivity index (χ4n) is 3.91. The second-order valence-corrected chi connectivity index (χ2v) is 6.78. The van der Waals surface area contributed by atoms with E-state index in [1.807, 2.05) is 28.8 Å². The fourth-order valence-corrected chi connectivity index (χ4v) is 3.91. The summed E-state index contributed by atoms with van der Waals surface area (Å²) in [6.07, 6.45) is 7.50. The van der Waals surface area contributed by atoms with Gasteiger partial charge < -0.3 is 9.88 Å². The van der Waals surface area contributed by atoms with Crippen molar-refractivity contribution in [3.05, 3.63) is 40.8 Å². The Morgan fingerprint density at radius 2 is 2.04 bits per heavy atom. The summed E-state index contributed by atoms with van der Waals surface area (Å²) < 4.78 is 2.01. The smallest absolute Gasteiger partial charge is 0.288 e. The van der Waals surface area contributed by atoms with Crippen LogP contribution in [0.5, 0.6) is 0 Å². The Labute approximate surface area is 145 Å². The number of H-pyrrole nitrogens is 1. The van der Waals surface area contributed by atoms with Crippen LogP contribution < -0.4 is 10.9 Å². The highest BCUT2D eigenvalue weighted by Gasteiger charge is 2.17. The first-order valence-electron chi connectivity index (χ1n) is 8.98. The van der Waals surface area contributed by atoms with Crippen molar-refractivity contribution >= 4 is 27.7 Å². The van der Waals surface area contributed by atoms with Gasteiger partial charge in [-0.2, -0.15) is 5.10 Å². The lowest BCUT2D eigenvalue weighted by molar-refractivity contribution is -0.121. The summed E-state index contributed by atoms with van der Waals surface area (Å²) in [6, 6.07) is 8.29. The Hall–Kier alpha value is -2.63. The van der Waals surface area contributed by atoms with Gasteiger partial charge in [0.25, 0.3) is 5.56 Å². The van der Waals surface area contributed by atoms with Crippen molar-refractivity contribution < 1.29 is 4.79 Å². The third kappa shape index (κ3) is 3.04. The number of carbonyl (C=O) groups is 1. The van der Waals surface area contributed by atoms with Crippen LogP contribution in [0.1, 0.15) is 38.5 Å². The lowest BCUT2D eigenvalue weighted by Crippen LogP contribution is -2.32. The van der Waals surface area contributed by atoms with E-state index in [9.17, 15) is 9.59 Å². The number of nitrogens with zero attached hydrogens (tertiary/aromatic N) is 2. The molecule has 1 aliphatic rings. The summed E-state index contributed by atoms with van der Waals surface area (Å²) in [7, 11) is 0. The first kappa shape index (κ1) is 15.9. The standard InChI is InChI=1S/C19H22N4O2/c24-17(21-13-6-1-2-7-13)10-5-11-23-16-9-4-3-8-14(16)15-12-20-22-19(25)18(15)23/h3-4,8-9,12-13H,1-2,5-7,10-11H2,(H,21,24)(H,22,25). The molecule has 6 nitrogen and oxygen atoms in total. The zero-order chi connectivity index (χ0) is 17.2. The summed E-state index contributed by atoms with van der Waals surface area (Å²) in [5.74, 6) is 0.114. The summed E-state index contributed by atoms with van der Waals surface area (Å²) in [5.41, 5.74) is 1.45. The number of benzene rings is 1. The van der Waals surface area contributed by atoms with Crippen molar-refractivity contribution in [2.24, 2.45) is 0 Å². The highest BCUT2D eigenvalue weighted by molar-refractivity contribution is 6.07. The van der Waals surface area contributed by atoms with Gasteiger partial charge in [-0.3, -0.25) is 9.59 Å². The van der Waals surface area contributed by atoms with Crippen molar-refractivity contribution in [3.63, 3.8) is 0 Å². The molecule has 1 aromatic carbocycles. The normalized spacial score (nSPS) is 15.2. The van der Waals surface area contributed by atoms with Crippen LogP contribution in [0.25, 0.3) is 21.8 Å². The van der Waals surface area contributed by atoms with Gasteiger partial charge in [-0.25, -0.2) is 5.10 Å². The van der Waals surface area contributed by atoms with E-state index < -0.39 is 0 Å². The Kier molecular flexibility index (Phi) is 4.26. The quantitative estimate of drug-likeness (QED) is 0.751. The number of hydrogen-bond donors (Lipinski definition) is 2. The van der Waals surface area contributed by atoms with Crippen LogP contribution in [0.2, 0.25) is 0 Å². The van der Waals surface area contributed by atoms with E-state index in [-0.39, 0.29) is 11.5 Å². The van der Waals surface area contributed by atoms with E-state index in [1.165, 1.54) is 12.8 Å². The van der Waals surface area contributed by atoms with Gasteiger partial charge in [0, 0.05) is 35.3 Å². The number of para-hydroxylation sites is 1. The highest BCUT2D eigenvalue weighted by Crippen LogP contribution is 2.26. The fraction of sp³-hybridized carbons (Fsp3) is 0.421. The molecule has 0 aliphatic heterocycles. The summed E-state index contributed by atoms with van der Waals surface area (Å²) in [4.78, 5) is 24.4. The van der Waals surface area contributed by atoms with Gasteiger partial charge in [0.05, 0.1) is 6.20 Å². The van der Waals surface area contributed by atoms with E-state index >= 15 is 0 Å². The molecule has 2 aromatic heterocycles. The van der Waals surface area contributed by atoms with Crippen LogP contribution in [-0.2, 0) is 11.3 Å². The number of carbonyl (C=O) groups excluding carboxylic acids is 1. The number of aromatic nitrogens is 3. The topological polar surface area (TPSA) is 79.8 Å². The molecule has 2 heterocycles. The van der Waals surface area contributed by atoms with Crippen LogP contribution >= 0.6 is 0 Å². The molecule has 130 valence electrons. The molecule has 0 radical (unpaired) electrons. The van der Waals surface area contributed by atoms with Gasteiger partial charge in [-0.1, -0.05) is 31.0 Å². The monoisotopic (exact) mass is 338 g/mol. The summed E-state index contributed by atoms with van der Waals surface area (Å²) in [6.45, 7) is 0.634. The molecule has 1 saturated carbocycles.